The van der Waals surface area contributed by atoms with Crippen LogP contribution < -0.4 is 20.9 Å². The smallest absolute Gasteiger partial charge is 0.337 e. The van der Waals surface area contributed by atoms with E-state index in [9.17, 15) is 39.0 Å². The number of carbonyl (C=O) groups excluding carboxylic acids is 2. The van der Waals surface area contributed by atoms with Gasteiger partial charge in [0.25, 0.3) is 17.5 Å². The van der Waals surface area contributed by atoms with Gasteiger partial charge in [-0.25, -0.2) is 9.18 Å². The van der Waals surface area contributed by atoms with E-state index < -0.39 is 83.8 Å². The van der Waals surface area contributed by atoms with Crippen molar-refractivity contribution in [3.05, 3.63) is 63.7 Å². The molecular weight excluding hydrogens is 597 g/mol. The number of benzene rings is 2. The molecule has 16 heteroatoms. The molecule has 0 radical (unpaired) electrons. The van der Waals surface area contributed by atoms with E-state index in [1.54, 1.807) is 30.1 Å². The number of hydrogen-bond acceptors (Lipinski definition) is 10. The van der Waals surface area contributed by atoms with E-state index in [1.165, 1.54) is 13.2 Å². The summed E-state index contributed by atoms with van der Waals surface area (Å²) in [6.45, 7) is 0.207. The highest BCUT2D eigenvalue weighted by Gasteiger charge is 2.51. The third-order valence-electron chi connectivity index (χ3n) is 7.38. The van der Waals surface area contributed by atoms with Gasteiger partial charge in [0.15, 0.2) is 11.3 Å². The second-order valence-electron chi connectivity index (χ2n) is 10.3. The first-order valence-electron chi connectivity index (χ1n) is 13.4. The number of nitrogens with zero attached hydrogens (tertiary/aromatic N) is 3. The predicted octanol–water partition coefficient (Wildman–Crippen LogP) is 1.23. The van der Waals surface area contributed by atoms with E-state index in [0.29, 0.717) is 27.1 Å². The van der Waals surface area contributed by atoms with Crippen molar-refractivity contribution in [1.82, 2.24) is 14.9 Å². The summed E-state index contributed by atoms with van der Waals surface area (Å²) in [5, 5.41) is 28.6. The van der Waals surface area contributed by atoms with Crippen LogP contribution in [0.15, 0.2) is 41.2 Å². The number of nitrogens with one attached hydrogen (secondary N) is 1. The second kappa shape index (κ2) is 13.9. The van der Waals surface area contributed by atoms with Crippen molar-refractivity contribution in [2.75, 3.05) is 26.1 Å². The summed E-state index contributed by atoms with van der Waals surface area (Å²) in [7, 11) is 3.93. The molecule has 0 saturated heterocycles. The third kappa shape index (κ3) is 7.41. The molecule has 15 nitrogen and oxygen atoms in total. The molecule has 2 atom stereocenters. The number of H-pyrrole nitrogens is 1. The standard InChI is InChI=1S/C29H32FN5O10/c1-34(14-15-4-8-21-18(12-15)24(39)33-28(32-21)45-3)16-5-6-17(19(30)13-16)25(40)35(2)29(27(43)44,11-10-23(37)38)22(36)9-7-20(31)26(41)42/h4-6,8,12-13,20H,7,9-11,14,31H2,1-3H3,(H,37,38)(H,41,42)(H,43,44)(H,32,33,39)/t20-,29+/m0/s1. The minimum Gasteiger partial charge on any atom is -0.481 e. The molecule has 1 aromatic heterocycles. The Kier molecular flexibility index (Phi) is 10.6. The van der Waals surface area contributed by atoms with Gasteiger partial charge in [-0.05, 0) is 48.7 Å². The summed E-state index contributed by atoms with van der Waals surface area (Å²) in [5.74, 6) is -8.21. The highest BCUT2D eigenvalue weighted by atomic mass is 19.1. The number of carboxylic acids is 3. The number of ether oxygens (including phenoxy) is 1. The fraction of sp³-hybridized carbons (Fsp3) is 0.345. The van der Waals surface area contributed by atoms with E-state index in [1.807, 2.05) is 0 Å². The maximum atomic E-state index is 15.4. The monoisotopic (exact) mass is 629 g/mol. The van der Waals surface area contributed by atoms with Crippen LogP contribution in [0.5, 0.6) is 6.01 Å². The number of halogens is 1. The Morgan fingerprint density at radius 2 is 1.76 bits per heavy atom. The number of amides is 1. The molecule has 1 amide bonds. The average Bonchev–Trinajstić information content (AvgIpc) is 2.99. The van der Waals surface area contributed by atoms with Crippen molar-refractivity contribution in [1.29, 1.82) is 0 Å². The zero-order valence-corrected chi connectivity index (χ0v) is 24.6. The van der Waals surface area contributed by atoms with E-state index in [2.05, 4.69) is 9.97 Å². The van der Waals surface area contributed by atoms with Gasteiger partial charge in [-0.2, -0.15) is 4.98 Å². The van der Waals surface area contributed by atoms with Gasteiger partial charge < -0.3 is 35.6 Å². The van der Waals surface area contributed by atoms with Crippen LogP contribution in [-0.4, -0.2) is 92.6 Å². The molecule has 3 aromatic rings. The topological polar surface area (TPSA) is 234 Å². The maximum Gasteiger partial charge on any atom is 0.337 e. The van der Waals surface area contributed by atoms with E-state index >= 15 is 4.39 Å². The maximum absolute atomic E-state index is 15.4. The van der Waals surface area contributed by atoms with E-state index in [0.717, 1.165) is 19.2 Å². The lowest BCUT2D eigenvalue weighted by molar-refractivity contribution is -0.156. The molecule has 1 heterocycles. The molecule has 3 rings (SSSR count). The summed E-state index contributed by atoms with van der Waals surface area (Å²) in [4.78, 5) is 82.7. The van der Waals surface area contributed by atoms with Gasteiger partial charge in [-0.3, -0.25) is 29.0 Å². The Balaban J connectivity index is 1.89. The molecule has 0 aliphatic carbocycles. The number of rotatable bonds is 15. The first kappa shape index (κ1) is 34.1. The van der Waals surface area contributed by atoms with Crippen molar-refractivity contribution >= 4 is 46.2 Å². The van der Waals surface area contributed by atoms with Crippen molar-refractivity contribution in [2.24, 2.45) is 5.73 Å². The quantitative estimate of drug-likeness (QED) is 0.149. The van der Waals surface area contributed by atoms with Crippen LogP contribution in [-0.2, 0) is 25.7 Å². The van der Waals surface area contributed by atoms with Crippen molar-refractivity contribution in [3.63, 3.8) is 0 Å². The lowest BCUT2D eigenvalue weighted by Gasteiger charge is -2.37. The molecule has 240 valence electrons. The normalized spacial score (nSPS) is 13.0. The minimum atomic E-state index is -2.75. The average molecular weight is 630 g/mol. The fourth-order valence-corrected chi connectivity index (χ4v) is 4.76. The van der Waals surface area contributed by atoms with Crippen LogP contribution >= 0.6 is 0 Å². The molecule has 0 fully saturated rings. The summed E-state index contributed by atoms with van der Waals surface area (Å²) >= 11 is 0. The van der Waals surface area contributed by atoms with Crippen LogP contribution in [0.3, 0.4) is 0 Å². The predicted molar refractivity (Wildman–Crippen MR) is 157 cm³/mol. The Hall–Kier alpha value is -5.38. The number of Topliss-reactive ketones (excluding diaryl/α,β-unsaturated/α-hetero) is 1. The SMILES string of the molecule is COc1nc2ccc(CN(C)c3ccc(C(=O)N(C)[C@@](CCC(=O)O)(C(=O)O)C(=O)CC[C@H](N)C(=O)O)c(F)c3)cc2c(=O)[nH]1. The van der Waals surface area contributed by atoms with Gasteiger partial charge in [0.1, 0.15) is 11.9 Å². The van der Waals surface area contributed by atoms with Crippen LogP contribution in [0.25, 0.3) is 10.9 Å². The Labute approximate surface area is 255 Å². The summed E-state index contributed by atoms with van der Waals surface area (Å²) < 4.78 is 20.4. The molecule has 0 aliphatic heterocycles. The molecule has 6 N–H and O–H groups in total. The summed E-state index contributed by atoms with van der Waals surface area (Å²) in [5.41, 5.74) is 3.07. The number of carbonyl (C=O) groups is 5. The zero-order chi connectivity index (χ0) is 33.6. The van der Waals surface area contributed by atoms with Crippen LogP contribution in [0, 0.1) is 5.82 Å². The molecule has 0 spiro atoms. The van der Waals surface area contributed by atoms with Crippen LogP contribution in [0.2, 0.25) is 0 Å². The number of nitrogens with two attached hydrogens (primary N) is 1. The van der Waals surface area contributed by atoms with Crippen molar-refractivity contribution in [3.8, 4) is 6.01 Å². The molecule has 0 aliphatic rings. The minimum absolute atomic E-state index is 0.0577. The summed E-state index contributed by atoms with van der Waals surface area (Å²) in [6, 6.07) is 7.01. The molecule has 2 aromatic carbocycles. The lowest BCUT2D eigenvalue weighted by Crippen LogP contribution is -2.61. The number of likely N-dealkylation sites (N-methyl/N-ethyl adjacent to an activating group) is 1. The van der Waals surface area contributed by atoms with E-state index in [4.69, 9.17) is 15.6 Å². The van der Waals surface area contributed by atoms with Gasteiger partial charge in [0.05, 0.1) is 23.6 Å². The van der Waals surface area contributed by atoms with Gasteiger partial charge in [0, 0.05) is 39.2 Å². The lowest BCUT2D eigenvalue weighted by atomic mass is 9.83. The molecule has 0 saturated carbocycles. The van der Waals surface area contributed by atoms with Crippen LogP contribution in [0.1, 0.15) is 41.6 Å². The van der Waals surface area contributed by atoms with Crippen LogP contribution in [0.4, 0.5) is 10.1 Å². The largest absolute Gasteiger partial charge is 0.481 e. The zero-order valence-electron chi connectivity index (χ0n) is 24.6. The number of carboxylic acid groups (broad SMARTS) is 3. The first-order chi connectivity index (χ1) is 21.1. The number of methoxy groups -OCH3 is 1. The molecular formula is C29H32FN5O10. The van der Waals surface area contributed by atoms with Gasteiger partial charge in [-0.1, -0.05) is 6.07 Å². The number of hydrogen-bond donors (Lipinski definition) is 5. The number of aromatic amines is 1. The summed E-state index contributed by atoms with van der Waals surface area (Å²) in [6.07, 6.45) is -2.88. The van der Waals surface area contributed by atoms with Gasteiger partial charge in [-0.15, -0.1) is 0 Å². The Bertz CT molecular complexity index is 1710. The van der Waals surface area contributed by atoms with E-state index in [-0.39, 0.29) is 12.6 Å². The Morgan fingerprint density at radius 1 is 1.07 bits per heavy atom. The first-order valence-corrected chi connectivity index (χ1v) is 13.4. The highest BCUT2D eigenvalue weighted by Crippen LogP contribution is 2.29. The number of aliphatic carboxylic acids is 3. The number of aromatic nitrogens is 2. The molecule has 0 unspecified atom stereocenters. The van der Waals surface area contributed by atoms with Crippen molar-refractivity contribution in [2.45, 2.75) is 43.8 Å². The van der Waals surface area contributed by atoms with Gasteiger partial charge in [0.2, 0.25) is 0 Å². The number of fused-ring (bicyclic) bond motifs is 1. The molecule has 0 bridgehead atoms. The van der Waals surface area contributed by atoms with Crippen molar-refractivity contribution < 1.29 is 48.4 Å². The second-order valence-corrected chi connectivity index (χ2v) is 10.3. The highest BCUT2D eigenvalue weighted by molar-refractivity contribution is 6.12. The number of anilines is 1. The Morgan fingerprint density at radius 3 is 2.33 bits per heavy atom. The molecule has 45 heavy (non-hydrogen) atoms. The third-order valence-corrected chi connectivity index (χ3v) is 7.38. The van der Waals surface area contributed by atoms with Gasteiger partial charge >= 0.3 is 17.9 Å². The number of ketones is 1. The fourth-order valence-electron chi connectivity index (χ4n) is 4.76.